The van der Waals surface area contributed by atoms with Crippen molar-refractivity contribution in [3.05, 3.63) is 46.3 Å². The molecule has 0 aliphatic rings. The van der Waals surface area contributed by atoms with Crippen LogP contribution in [0.1, 0.15) is 32.2 Å². The minimum absolute atomic E-state index is 0. The van der Waals surface area contributed by atoms with Crippen LogP contribution in [0.3, 0.4) is 0 Å². The number of rotatable bonds is 8. The van der Waals surface area contributed by atoms with Crippen LogP contribution in [0.5, 0.6) is 5.75 Å². The third-order valence-electron chi connectivity index (χ3n) is 3.43. The molecule has 0 radical (unpaired) electrons. The Bertz CT molecular complexity index is 693. The highest BCUT2D eigenvalue weighted by Crippen LogP contribution is 2.24. The van der Waals surface area contributed by atoms with E-state index in [1.54, 1.807) is 0 Å². The van der Waals surface area contributed by atoms with E-state index in [9.17, 15) is 0 Å². The fourth-order valence-electron chi connectivity index (χ4n) is 2.13. The molecule has 2 N–H and O–H groups in total. The van der Waals surface area contributed by atoms with Gasteiger partial charge in [0.15, 0.2) is 11.7 Å². The Hall–Kier alpha value is -1.29. The summed E-state index contributed by atoms with van der Waals surface area (Å²) in [5, 5.41) is 10.5. The van der Waals surface area contributed by atoms with Gasteiger partial charge in [0.05, 0.1) is 16.7 Å². The highest BCUT2D eigenvalue weighted by molar-refractivity contribution is 14.0. The van der Waals surface area contributed by atoms with Crippen LogP contribution in [0.4, 0.5) is 0 Å². The van der Waals surface area contributed by atoms with E-state index >= 15 is 0 Å². The first kappa shape index (κ1) is 22.8. The number of halogens is 2. The second-order valence-electron chi connectivity index (χ2n) is 5.57. The van der Waals surface area contributed by atoms with E-state index in [-0.39, 0.29) is 30.1 Å². The number of nitrogens with one attached hydrogen (secondary N) is 2. The van der Waals surface area contributed by atoms with Gasteiger partial charge >= 0.3 is 0 Å². The maximum Gasteiger partial charge on any atom is 0.191 e. The molecule has 1 atom stereocenters. The van der Waals surface area contributed by atoms with Gasteiger partial charge < -0.3 is 19.9 Å². The summed E-state index contributed by atoms with van der Waals surface area (Å²) in [6.07, 6.45) is 0.842. The molecule has 0 aliphatic heterocycles. The molecular weight excluding hydrogens is 511 g/mol. The first-order valence-electron chi connectivity index (χ1n) is 8.50. The maximum atomic E-state index is 5.93. The lowest BCUT2D eigenvalue weighted by atomic mass is 10.3. The van der Waals surface area contributed by atoms with Crippen molar-refractivity contribution >= 4 is 45.9 Å². The number of para-hydroxylation sites is 1. The standard InChI is InChI=1S/C18H25BrN4O2.HI/c1-4-14-10-15(25-23-14)12-22-18(20-5-2)21-11-13(3)24-17-9-7-6-8-16(17)19;/h6-10,13H,4-5,11-12H2,1-3H3,(H2,20,21,22);1H. The van der Waals surface area contributed by atoms with E-state index < -0.39 is 0 Å². The summed E-state index contributed by atoms with van der Waals surface area (Å²) in [7, 11) is 0. The maximum absolute atomic E-state index is 5.93. The first-order valence-corrected chi connectivity index (χ1v) is 9.29. The van der Waals surface area contributed by atoms with Crippen molar-refractivity contribution < 1.29 is 9.26 Å². The van der Waals surface area contributed by atoms with Crippen LogP contribution in [0, 0.1) is 0 Å². The third-order valence-corrected chi connectivity index (χ3v) is 4.08. The Labute approximate surface area is 180 Å². The zero-order valence-corrected chi connectivity index (χ0v) is 19.2. The second-order valence-corrected chi connectivity index (χ2v) is 6.43. The summed E-state index contributed by atoms with van der Waals surface area (Å²) < 4.78 is 12.1. The van der Waals surface area contributed by atoms with Crippen LogP contribution in [0.15, 0.2) is 44.3 Å². The van der Waals surface area contributed by atoms with Gasteiger partial charge in [-0.1, -0.05) is 24.2 Å². The van der Waals surface area contributed by atoms with Crippen LogP contribution >= 0.6 is 39.9 Å². The summed E-state index contributed by atoms with van der Waals surface area (Å²) in [5.41, 5.74) is 0.943. The summed E-state index contributed by atoms with van der Waals surface area (Å²) in [4.78, 5) is 4.52. The van der Waals surface area contributed by atoms with E-state index in [0.717, 1.165) is 40.6 Å². The lowest BCUT2D eigenvalue weighted by Crippen LogP contribution is -2.41. The summed E-state index contributed by atoms with van der Waals surface area (Å²) in [6, 6.07) is 9.75. The molecule has 0 spiro atoms. The van der Waals surface area contributed by atoms with Crippen LogP contribution < -0.4 is 15.4 Å². The molecule has 0 amide bonds. The first-order chi connectivity index (χ1) is 12.1. The number of guanidine groups is 1. The Morgan fingerprint density at radius 1 is 1.31 bits per heavy atom. The smallest absolute Gasteiger partial charge is 0.191 e. The molecule has 26 heavy (non-hydrogen) atoms. The molecule has 1 heterocycles. The van der Waals surface area contributed by atoms with Gasteiger partial charge in [-0.25, -0.2) is 4.99 Å². The van der Waals surface area contributed by atoms with E-state index in [0.29, 0.717) is 13.1 Å². The SMILES string of the molecule is CCNC(=NCc1cc(CC)no1)NCC(C)Oc1ccccc1Br.I. The van der Waals surface area contributed by atoms with E-state index in [2.05, 4.69) is 36.7 Å². The summed E-state index contributed by atoms with van der Waals surface area (Å²) >= 11 is 3.49. The van der Waals surface area contributed by atoms with Crippen molar-refractivity contribution in [3.63, 3.8) is 0 Å². The van der Waals surface area contributed by atoms with Gasteiger partial charge in [-0.15, -0.1) is 24.0 Å². The fraction of sp³-hybridized carbons (Fsp3) is 0.444. The lowest BCUT2D eigenvalue weighted by Gasteiger charge is -2.18. The number of aliphatic imine (C=N–C) groups is 1. The number of aryl methyl sites for hydroxylation is 1. The Kier molecular flexibility index (Phi) is 10.6. The molecule has 0 fully saturated rings. The minimum atomic E-state index is -0.0143. The van der Waals surface area contributed by atoms with Gasteiger partial charge in [0.25, 0.3) is 0 Å². The molecule has 0 saturated heterocycles. The molecule has 8 heteroatoms. The number of hydrogen-bond donors (Lipinski definition) is 2. The lowest BCUT2D eigenvalue weighted by molar-refractivity contribution is 0.222. The molecule has 1 aromatic heterocycles. The van der Waals surface area contributed by atoms with Crippen molar-refractivity contribution in [1.82, 2.24) is 15.8 Å². The molecule has 1 unspecified atom stereocenters. The third kappa shape index (κ3) is 7.53. The number of hydrogen-bond acceptors (Lipinski definition) is 4. The van der Waals surface area contributed by atoms with Crippen LogP contribution in [-0.4, -0.2) is 30.3 Å². The summed E-state index contributed by atoms with van der Waals surface area (Å²) in [6.45, 7) is 7.94. The number of benzene rings is 1. The van der Waals surface area contributed by atoms with Gasteiger partial charge in [0, 0.05) is 12.6 Å². The molecule has 0 aliphatic carbocycles. The monoisotopic (exact) mass is 536 g/mol. The normalized spacial score (nSPS) is 12.2. The van der Waals surface area contributed by atoms with Crippen molar-refractivity contribution in [2.24, 2.45) is 4.99 Å². The largest absolute Gasteiger partial charge is 0.488 e. The van der Waals surface area contributed by atoms with Crippen LogP contribution in [0.2, 0.25) is 0 Å². The summed E-state index contributed by atoms with van der Waals surface area (Å²) in [5.74, 6) is 2.30. The van der Waals surface area contributed by atoms with Gasteiger partial charge in [-0.2, -0.15) is 0 Å². The molecule has 0 bridgehead atoms. The number of nitrogens with zero attached hydrogens (tertiary/aromatic N) is 2. The average Bonchev–Trinajstić information content (AvgIpc) is 3.07. The van der Waals surface area contributed by atoms with E-state index in [4.69, 9.17) is 9.26 Å². The van der Waals surface area contributed by atoms with Gasteiger partial charge in [-0.05, 0) is 48.3 Å². The quantitative estimate of drug-likeness (QED) is 0.301. The van der Waals surface area contributed by atoms with Gasteiger partial charge in [0.2, 0.25) is 0 Å². The Balaban J connectivity index is 0.00000338. The van der Waals surface area contributed by atoms with E-state index in [1.807, 2.05) is 51.1 Å². The predicted molar refractivity (Wildman–Crippen MR) is 118 cm³/mol. The van der Waals surface area contributed by atoms with Crippen LogP contribution in [0.25, 0.3) is 0 Å². The molecule has 1 aromatic carbocycles. The van der Waals surface area contributed by atoms with E-state index in [1.165, 1.54) is 0 Å². The fourth-order valence-corrected chi connectivity index (χ4v) is 2.51. The number of ether oxygens (including phenoxy) is 1. The molecule has 6 nitrogen and oxygen atoms in total. The molecular formula is C18H26BrIN4O2. The Morgan fingerprint density at radius 2 is 2.08 bits per heavy atom. The highest BCUT2D eigenvalue weighted by Gasteiger charge is 2.08. The van der Waals surface area contributed by atoms with Gasteiger partial charge in [0.1, 0.15) is 18.4 Å². The second kappa shape index (κ2) is 12.2. The van der Waals surface area contributed by atoms with Crippen LogP contribution in [-0.2, 0) is 13.0 Å². The van der Waals surface area contributed by atoms with Crippen molar-refractivity contribution in [1.29, 1.82) is 0 Å². The average molecular weight is 537 g/mol. The predicted octanol–water partition coefficient (Wildman–Crippen LogP) is 4.14. The van der Waals surface area contributed by atoms with Crippen molar-refractivity contribution in [3.8, 4) is 5.75 Å². The zero-order chi connectivity index (χ0) is 18.1. The number of aromatic nitrogens is 1. The minimum Gasteiger partial charge on any atom is -0.488 e. The molecule has 2 rings (SSSR count). The molecule has 144 valence electrons. The Morgan fingerprint density at radius 3 is 2.73 bits per heavy atom. The van der Waals surface area contributed by atoms with Gasteiger partial charge in [-0.3, -0.25) is 0 Å². The zero-order valence-electron chi connectivity index (χ0n) is 15.3. The van der Waals surface area contributed by atoms with Crippen molar-refractivity contribution in [2.75, 3.05) is 13.1 Å². The van der Waals surface area contributed by atoms with Crippen molar-refractivity contribution in [2.45, 2.75) is 39.8 Å². The topological polar surface area (TPSA) is 71.7 Å². The molecule has 0 saturated carbocycles. The highest BCUT2D eigenvalue weighted by atomic mass is 127. The molecule has 2 aromatic rings.